The molecule has 0 fully saturated rings. The molecule has 4 heterocycles. The second kappa shape index (κ2) is 11.7. The van der Waals surface area contributed by atoms with Crippen molar-refractivity contribution in [2.75, 3.05) is 11.8 Å². The third-order valence-corrected chi connectivity index (χ3v) is 8.05. The minimum absolute atomic E-state index is 0.0800. The van der Waals surface area contributed by atoms with Crippen molar-refractivity contribution in [2.45, 2.75) is 13.0 Å². The predicted octanol–water partition coefficient (Wildman–Crippen LogP) is 2.53. The van der Waals surface area contributed by atoms with E-state index in [-0.39, 0.29) is 22.6 Å². The fourth-order valence-electron chi connectivity index (χ4n) is 4.96. The fraction of sp³-hybridized carbons (Fsp3) is 0.129. The summed E-state index contributed by atoms with van der Waals surface area (Å²) in [5, 5.41) is 12.3. The van der Waals surface area contributed by atoms with Gasteiger partial charge in [0.05, 0.1) is 23.2 Å². The maximum absolute atomic E-state index is 14.3. The SMILES string of the molecule is CNS(=O)(=O)Nc1nn2cccnc2c1C(=O)N[C@@H](C)c1cc2cccc(C#Cc3cnn(C)c3)c2c(=O)n1-c1ccccc1. The highest BCUT2D eigenvalue weighted by Crippen LogP contribution is 2.25. The molecule has 1 amide bonds. The van der Waals surface area contributed by atoms with Crippen molar-refractivity contribution < 1.29 is 13.2 Å². The Morgan fingerprint density at radius 3 is 2.58 bits per heavy atom. The number of anilines is 1. The number of fused-ring (bicyclic) bond motifs is 2. The maximum Gasteiger partial charge on any atom is 0.300 e. The minimum Gasteiger partial charge on any atom is -0.344 e. The highest BCUT2D eigenvalue weighted by atomic mass is 32.2. The standard InChI is InChI=1S/C31H27N9O4S/c1-20(35-30(41)27-28(37-45(43,44)32-2)36-39-16-8-15-33-29(27)39)25-17-23-10-7-9-22(14-13-21-18-34-38(3)19-21)26(23)31(42)40(25)24-11-5-4-6-12-24/h4-12,15-20,32H,1-3H3,(H,35,41)(H,36,37)/t20-/m0/s1. The Balaban J connectivity index is 1.46. The van der Waals surface area contributed by atoms with Crippen molar-refractivity contribution in [3.63, 3.8) is 0 Å². The minimum atomic E-state index is -4.00. The Morgan fingerprint density at radius 1 is 1.04 bits per heavy atom. The van der Waals surface area contributed by atoms with Gasteiger partial charge in [0.25, 0.3) is 21.7 Å². The van der Waals surface area contributed by atoms with Gasteiger partial charge in [-0.25, -0.2) is 14.2 Å². The molecule has 0 bridgehead atoms. The van der Waals surface area contributed by atoms with Crippen LogP contribution in [0.15, 0.2) is 90.2 Å². The van der Waals surface area contributed by atoms with Crippen LogP contribution in [0.1, 0.15) is 40.1 Å². The van der Waals surface area contributed by atoms with Gasteiger partial charge in [-0.3, -0.25) is 23.6 Å². The van der Waals surface area contributed by atoms with Gasteiger partial charge in [0, 0.05) is 49.6 Å². The fourth-order valence-corrected chi connectivity index (χ4v) is 5.46. The number of carbonyl (C=O) groups excluding carboxylic acids is 1. The van der Waals surface area contributed by atoms with Gasteiger partial charge in [0.15, 0.2) is 11.5 Å². The third-order valence-electron chi connectivity index (χ3n) is 7.05. The van der Waals surface area contributed by atoms with E-state index in [1.54, 1.807) is 66.1 Å². The average molecular weight is 622 g/mol. The van der Waals surface area contributed by atoms with Crippen molar-refractivity contribution in [1.29, 1.82) is 0 Å². The van der Waals surface area contributed by atoms with Gasteiger partial charge in [-0.1, -0.05) is 42.2 Å². The van der Waals surface area contributed by atoms with Gasteiger partial charge in [0.1, 0.15) is 5.56 Å². The molecule has 0 aliphatic heterocycles. The summed E-state index contributed by atoms with van der Waals surface area (Å²) in [5.74, 6) is 5.34. The summed E-state index contributed by atoms with van der Waals surface area (Å²) in [6.45, 7) is 1.74. The number of nitrogens with zero attached hydrogens (tertiary/aromatic N) is 6. The summed E-state index contributed by atoms with van der Waals surface area (Å²) in [6.07, 6.45) is 6.46. The molecule has 0 saturated carbocycles. The number of nitrogens with one attached hydrogen (secondary N) is 3. The van der Waals surface area contributed by atoms with Crippen LogP contribution in [-0.2, 0) is 17.3 Å². The van der Waals surface area contributed by atoms with Crippen molar-refractivity contribution in [1.82, 2.24) is 39.0 Å². The zero-order valence-electron chi connectivity index (χ0n) is 24.4. The van der Waals surface area contributed by atoms with E-state index < -0.39 is 22.2 Å². The van der Waals surface area contributed by atoms with Crippen LogP contribution in [0.4, 0.5) is 5.82 Å². The van der Waals surface area contributed by atoms with Gasteiger partial charge in [-0.2, -0.15) is 13.5 Å². The number of rotatable bonds is 7. The molecular weight excluding hydrogens is 594 g/mol. The summed E-state index contributed by atoms with van der Waals surface area (Å²) in [4.78, 5) is 32.3. The molecule has 0 unspecified atom stereocenters. The van der Waals surface area contributed by atoms with Crippen molar-refractivity contribution in [3.05, 3.63) is 118 Å². The molecule has 45 heavy (non-hydrogen) atoms. The highest BCUT2D eigenvalue weighted by Gasteiger charge is 2.26. The molecule has 0 spiro atoms. The number of amides is 1. The van der Waals surface area contributed by atoms with E-state index in [4.69, 9.17) is 0 Å². The average Bonchev–Trinajstić information content (AvgIpc) is 3.62. The number of carbonyl (C=O) groups is 1. The van der Waals surface area contributed by atoms with Crippen LogP contribution in [0.25, 0.3) is 22.1 Å². The lowest BCUT2D eigenvalue weighted by molar-refractivity contribution is 0.0941. The molecule has 13 nitrogen and oxygen atoms in total. The summed E-state index contributed by atoms with van der Waals surface area (Å²) in [6, 6.07) is 17.2. The first-order valence-electron chi connectivity index (χ1n) is 13.8. The molecule has 1 atom stereocenters. The maximum atomic E-state index is 14.3. The number of pyridine rings is 1. The first-order chi connectivity index (χ1) is 21.6. The molecule has 6 aromatic rings. The number of aryl methyl sites for hydroxylation is 1. The largest absolute Gasteiger partial charge is 0.344 e. The van der Waals surface area contributed by atoms with Gasteiger partial charge >= 0.3 is 0 Å². The number of aromatic nitrogens is 6. The van der Waals surface area contributed by atoms with Gasteiger partial charge in [-0.15, -0.1) is 5.10 Å². The van der Waals surface area contributed by atoms with E-state index >= 15 is 0 Å². The Kier molecular flexibility index (Phi) is 7.63. The Morgan fingerprint density at radius 2 is 1.84 bits per heavy atom. The van der Waals surface area contributed by atoms with Crippen LogP contribution in [0.3, 0.4) is 0 Å². The van der Waals surface area contributed by atoms with Crippen LogP contribution in [0, 0.1) is 11.8 Å². The normalized spacial score (nSPS) is 12.1. The summed E-state index contributed by atoms with van der Waals surface area (Å²) >= 11 is 0. The van der Waals surface area contributed by atoms with E-state index in [9.17, 15) is 18.0 Å². The lowest BCUT2D eigenvalue weighted by Gasteiger charge is -2.21. The second-order valence-corrected chi connectivity index (χ2v) is 11.7. The molecule has 226 valence electrons. The molecule has 14 heteroatoms. The van der Waals surface area contributed by atoms with Gasteiger partial charge in [0.2, 0.25) is 0 Å². The Bertz CT molecular complexity index is 2310. The highest BCUT2D eigenvalue weighted by molar-refractivity contribution is 7.90. The molecule has 0 saturated heterocycles. The number of para-hydroxylation sites is 1. The summed E-state index contributed by atoms with van der Waals surface area (Å²) in [5.41, 5.74) is 2.10. The van der Waals surface area contributed by atoms with Crippen LogP contribution >= 0.6 is 0 Å². The summed E-state index contributed by atoms with van der Waals surface area (Å²) < 4.78 is 33.5. The molecule has 0 aliphatic carbocycles. The zero-order valence-corrected chi connectivity index (χ0v) is 25.2. The van der Waals surface area contributed by atoms with E-state index in [2.05, 4.69) is 41.8 Å². The summed E-state index contributed by atoms with van der Waals surface area (Å²) in [7, 11) is -0.965. The van der Waals surface area contributed by atoms with Crippen molar-refractivity contribution >= 4 is 38.4 Å². The number of benzene rings is 2. The zero-order chi connectivity index (χ0) is 31.7. The van der Waals surface area contributed by atoms with Gasteiger partial charge < -0.3 is 5.32 Å². The molecule has 3 N–H and O–H groups in total. The third kappa shape index (κ3) is 5.77. The lowest BCUT2D eigenvalue weighted by Crippen LogP contribution is -2.33. The predicted molar refractivity (Wildman–Crippen MR) is 169 cm³/mol. The van der Waals surface area contributed by atoms with E-state index in [0.717, 1.165) is 0 Å². The molecule has 6 rings (SSSR count). The topological polar surface area (TPSA) is 157 Å². The van der Waals surface area contributed by atoms with E-state index in [0.29, 0.717) is 33.3 Å². The first-order valence-corrected chi connectivity index (χ1v) is 15.2. The first kappa shape index (κ1) is 29.3. The van der Waals surface area contributed by atoms with Crippen LogP contribution in [0.2, 0.25) is 0 Å². The molecule has 4 aromatic heterocycles. The van der Waals surface area contributed by atoms with E-state index in [1.165, 1.54) is 17.8 Å². The van der Waals surface area contributed by atoms with E-state index in [1.807, 2.05) is 36.4 Å². The number of hydrogen-bond acceptors (Lipinski definition) is 7. The quantitative estimate of drug-likeness (QED) is 0.231. The molecular formula is C31H27N9O4S. The Hall–Kier alpha value is -5.78. The number of hydrogen-bond donors (Lipinski definition) is 3. The molecule has 0 radical (unpaired) electrons. The van der Waals surface area contributed by atoms with Gasteiger partial charge in [-0.05, 0) is 42.6 Å². The lowest BCUT2D eigenvalue weighted by atomic mass is 10.0. The van der Waals surface area contributed by atoms with Crippen LogP contribution < -0.4 is 20.3 Å². The second-order valence-electron chi connectivity index (χ2n) is 10.1. The van der Waals surface area contributed by atoms with Crippen LogP contribution in [0.5, 0.6) is 0 Å². The Labute approximate surface area is 257 Å². The smallest absolute Gasteiger partial charge is 0.300 e. The van der Waals surface area contributed by atoms with Crippen molar-refractivity contribution in [3.8, 4) is 17.5 Å². The molecule has 0 aliphatic rings. The molecule has 2 aromatic carbocycles. The monoisotopic (exact) mass is 621 g/mol. The van der Waals surface area contributed by atoms with Crippen LogP contribution in [-0.4, -0.2) is 50.3 Å². The van der Waals surface area contributed by atoms with Crippen molar-refractivity contribution in [2.24, 2.45) is 7.05 Å².